The quantitative estimate of drug-likeness (QED) is 0.823. The van der Waals surface area contributed by atoms with E-state index in [0.717, 1.165) is 5.56 Å². The number of nitrogens with one attached hydrogen (secondary N) is 1. The second-order valence-corrected chi connectivity index (χ2v) is 6.06. The first kappa shape index (κ1) is 16.9. The van der Waals surface area contributed by atoms with Crippen LogP contribution in [0.5, 0.6) is 6.01 Å². The van der Waals surface area contributed by atoms with Gasteiger partial charge >= 0.3 is 0 Å². The van der Waals surface area contributed by atoms with Gasteiger partial charge in [-0.15, -0.1) is 0 Å². The minimum atomic E-state index is -2.59. The molecule has 1 fully saturated rings. The molecule has 0 bridgehead atoms. The first-order chi connectivity index (χ1) is 11.5. The van der Waals surface area contributed by atoms with Gasteiger partial charge in [-0.2, -0.15) is 4.98 Å². The Morgan fingerprint density at radius 3 is 2.58 bits per heavy atom. The van der Waals surface area contributed by atoms with Crippen LogP contribution < -0.4 is 10.1 Å². The second-order valence-electron chi connectivity index (χ2n) is 6.06. The van der Waals surface area contributed by atoms with Crippen molar-refractivity contribution in [1.82, 2.24) is 14.9 Å². The zero-order valence-corrected chi connectivity index (χ0v) is 13.5. The van der Waals surface area contributed by atoms with Crippen molar-refractivity contribution in [3.05, 3.63) is 36.5 Å². The summed E-state index contributed by atoms with van der Waals surface area (Å²) in [5.74, 6) is -2.59. The van der Waals surface area contributed by atoms with E-state index in [1.807, 2.05) is 30.3 Å². The molecule has 2 aromatic rings. The van der Waals surface area contributed by atoms with E-state index in [0.29, 0.717) is 18.5 Å². The first-order valence-corrected chi connectivity index (χ1v) is 7.99. The second kappa shape index (κ2) is 6.86. The molecule has 0 aliphatic heterocycles. The summed E-state index contributed by atoms with van der Waals surface area (Å²) < 4.78 is 33.1. The number of aromatic nitrogens is 2. The van der Waals surface area contributed by atoms with E-state index in [-0.39, 0.29) is 24.9 Å². The molecule has 0 amide bonds. The number of halogens is 2. The highest BCUT2D eigenvalue weighted by Gasteiger charge is 2.35. The van der Waals surface area contributed by atoms with Gasteiger partial charge in [0.25, 0.3) is 6.01 Å². The summed E-state index contributed by atoms with van der Waals surface area (Å²) >= 11 is 0. The lowest BCUT2D eigenvalue weighted by atomic mass is 9.92. The van der Waals surface area contributed by atoms with Gasteiger partial charge in [0.05, 0.1) is 12.8 Å². The van der Waals surface area contributed by atoms with Crippen LogP contribution in [0.4, 0.5) is 8.78 Å². The van der Waals surface area contributed by atoms with E-state index in [1.54, 1.807) is 6.20 Å². The van der Waals surface area contributed by atoms with Crippen LogP contribution in [0.2, 0.25) is 0 Å². The molecule has 24 heavy (non-hydrogen) atoms. The number of aliphatic hydroxyl groups excluding tert-OH is 1. The zero-order valence-electron chi connectivity index (χ0n) is 13.5. The molecule has 0 radical (unpaired) electrons. The SMILES string of the molecule is COc1nc(-c2ccccc2)cn1C(O)NC1CCC(F)(F)CC1. The van der Waals surface area contributed by atoms with Crippen molar-refractivity contribution >= 4 is 0 Å². The van der Waals surface area contributed by atoms with E-state index in [1.165, 1.54) is 11.7 Å². The molecular weight excluding hydrogens is 316 g/mol. The largest absolute Gasteiger partial charge is 0.468 e. The fourth-order valence-corrected chi connectivity index (χ4v) is 2.95. The number of imidazole rings is 1. The summed E-state index contributed by atoms with van der Waals surface area (Å²) in [5, 5.41) is 13.4. The Hall–Kier alpha value is -1.99. The predicted octanol–water partition coefficient (Wildman–Crippen LogP) is 3.17. The molecule has 1 heterocycles. The van der Waals surface area contributed by atoms with Crippen molar-refractivity contribution in [1.29, 1.82) is 0 Å². The van der Waals surface area contributed by atoms with Gasteiger partial charge in [0, 0.05) is 30.6 Å². The summed E-state index contributed by atoms with van der Waals surface area (Å²) in [6.45, 7) is 0. The number of hydrogen-bond donors (Lipinski definition) is 2. The van der Waals surface area contributed by atoms with Crippen LogP contribution in [0.25, 0.3) is 11.3 Å². The van der Waals surface area contributed by atoms with Crippen LogP contribution in [0.15, 0.2) is 36.5 Å². The Morgan fingerprint density at radius 1 is 1.29 bits per heavy atom. The van der Waals surface area contributed by atoms with E-state index in [9.17, 15) is 13.9 Å². The molecule has 1 aromatic carbocycles. The lowest BCUT2D eigenvalue weighted by Crippen LogP contribution is -2.40. The number of benzene rings is 1. The van der Waals surface area contributed by atoms with Gasteiger partial charge in [0.1, 0.15) is 0 Å². The average Bonchev–Trinajstić information content (AvgIpc) is 3.02. The molecule has 0 spiro atoms. The zero-order chi connectivity index (χ0) is 17.2. The van der Waals surface area contributed by atoms with Gasteiger partial charge in [-0.3, -0.25) is 9.88 Å². The van der Waals surface area contributed by atoms with Crippen LogP contribution in [-0.2, 0) is 0 Å². The van der Waals surface area contributed by atoms with Gasteiger partial charge in [0.15, 0.2) is 6.35 Å². The minimum absolute atomic E-state index is 0.159. The molecule has 1 saturated carbocycles. The van der Waals surface area contributed by atoms with E-state index in [2.05, 4.69) is 10.3 Å². The van der Waals surface area contributed by atoms with Crippen LogP contribution in [0.1, 0.15) is 32.0 Å². The summed E-state index contributed by atoms with van der Waals surface area (Å²) in [6.07, 6.45) is 0.936. The molecule has 1 aromatic heterocycles. The fraction of sp³-hybridized carbons (Fsp3) is 0.471. The number of ether oxygens (including phenoxy) is 1. The van der Waals surface area contributed by atoms with Crippen molar-refractivity contribution in [3.63, 3.8) is 0 Å². The molecule has 1 unspecified atom stereocenters. The van der Waals surface area contributed by atoms with Crippen molar-refractivity contribution in [2.24, 2.45) is 0 Å². The molecular formula is C17H21F2N3O2. The van der Waals surface area contributed by atoms with Gasteiger partial charge in [0.2, 0.25) is 5.92 Å². The monoisotopic (exact) mass is 337 g/mol. The molecule has 1 aliphatic carbocycles. The van der Waals surface area contributed by atoms with Crippen LogP contribution in [0, 0.1) is 0 Å². The topological polar surface area (TPSA) is 59.3 Å². The minimum Gasteiger partial charge on any atom is -0.468 e. The molecule has 5 nitrogen and oxygen atoms in total. The third-order valence-electron chi connectivity index (χ3n) is 4.32. The predicted molar refractivity (Wildman–Crippen MR) is 85.8 cm³/mol. The lowest BCUT2D eigenvalue weighted by molar-refractivity contribution is -0.0502. The maximum atomic E-state index is 13.2. The number of aliphatic hydroxyl groups is 1. The smallest absolute Gasteiger partial charge is 0.299 e. The summed E-state index contributed by atoms with van der Waals surface area (Å²) in [6, 6.07) is 9.63. The maximum absolute atomic E-state index is 13.2. The van der Waals surface area contributed by atoms with Crippen molar-refractivity contribution < 1.29 is 18.6 Å². The first-order valence-electron chi connectivity index (χ1n) is 7.99. The third-order valence-corrected chi connectivity index (χ3v) is 4.32. The van der Waals surface area contributed by atoms with E-state index in [4.69, 9.17) is 4.74 Å². The van der Waals surface area contributed by atoms with Crippen LogP contribution in [-0.4, -0.2) is 33.7 Å². The Labute approximate surface area is 139 Å². The molecule has 3 rings (SSSR count). The molecule has 2 N–H and O–H groups in total. The molecule has 130 valence electrons. The molecule has 7 heteroatoms. The van der Waals surface area contributed by atoms with E-state index >= 15 is 0 Å². The average molecular weight is 337 g/mol. The number of hydrogen-bond acceptors (Lipinski definition) is 4. The maximum Gasteiger partial charge on any atom is 0.299 e. The molecule has 1 atom stereocenters. The van der Waals surface area contributed by atoms with Crippen LogP contribution >= 0.6 is 0 Å². The Kier molecular flexibility index (Phi) is 4.82. The highest BCUT2D eigenvalue weighted by Crippen LogP contribution is 2.33. The summed E-state index contributed by atoms with van der Waals surface area (Å²) in [7, 11) is 1.47. The Bertz CT molecular complexity index is 666. The molecule has 1 aliphatic rings. The van der Waals surface area contributed by atoms with Gasteiger partial charge in [-0.05, 0) is 12.8 Å². The normalized spacial score (nSPS) is 19.2. The van der Waals surface area contributed by atoms with Crippen molar-refractivity contribution in [3.8, 4) is 17.3 Å². The summed E-state index contributed by atoms with van der Waals surface area (Å²) in [5.41, 5.74) is 1.57. The highest BCUT2D eigenvalue weighted by molar-refractivity contribution is 5.58. The van der Waals surface area contributed by atoms with E-state index < -0.39 is 12.3 Å². The number of alkyl halides is 2. The van der Waals surface area contributed by atoms with Crippen LogP contribution in [0.3, 0.4) is 0 Å². The van der Waals surface area contributed by atoms with Gasteiger partial charge in [-0.1, -0.05) is 30.3 Å². The fourth-order valence-electron chi connectivity index (χ4n) is 2.95. The van der Waals surface area contributed by atoms with Crippen molar-refractivity contribution in [2.75, 3.05) is 7.11 Å². The standard InChI is InChI=1S/C17H21F2N3O2/c1-24-16-21-14(12-5-3-2-4-6-12)11-22(16)15(23)20-13-7-9-17(18,19)10-8-13/h2-6,11,13,15,20,23H,7-10H2,1H3. The number of nitrogens with zero attached hydrogens (tertiary/aromatic N) is 2. The highest BCUT2D eigenvalue weighted by atomic mass is 19.3. The number of rotatable bonds is 5. The Morgan fingerprint density at radius 2 is 1.96 bits per heavy atom. The van der Waals surface area contributed by atoms with Gasteiger partial charge in [-0.25, -0.2) is 8.78 Å². The van der Waals surface area contributed by atoms with Gasteiger partial charge < -0.3 is 9.84 Å². The third kappa shape index (κ3) is 3.73. The Balaban J connectivity index is 1.73. The lowest BCUT2D eigenvalue weighted by Gasteiger charge is -2.30. The van der Waals surface area contributed by atoms with Crippen molar-refractivity contribution in [2.45, 2.75) is 44.0 Å². The summed E-state index contributed by atoms with van der Waals surface area (Å²) in [4.78, 5) is 4.36. The molecule has 0 saturated heterocycles. The number of methoxy groups -OCH3 is 1.